The summed E-state index contributed by atoms with van der Waals surface area (Å²) in [7, 11) is 0. The number of anilines is 6. The lowest BCUT2D eigenvalue weighted by Crippen LogP contribution is -2.19. The van der Waals surface area contributed by atoms with Crippen LogP contribution in [0.15, 0.2) is 179 Å². The van der Waals surface area contributed by atoms with Crippen molar-refractivity contribution in [3.63, 3.8) is 0 Å². The quantitative estimate of drug-likeness (QED) is 0.153. The third-order valence-electron chi connectivity index (χ3n) is 12.0. The van der Waals surface area contributed by atoms with Crippen LogP contribution in [0.4, 0.5) is 34.1 Å². The maximum atomic E-state index is 8.03. The van der Waals surface area contributed by atoms with Gasteiger partial charge < -0.3 is 18.6 Å². The van der Waals surface area contributed by atoms with Gasteiger partial charge >= 0.3 is 0 Å². The van der Waals surface area contributed by atoms with Crippen molar-refractivity contribution < 1.29 is 8.83 Å². The second-order valence-electron chi connectivity index (χ2n) is 19.7. The molecule has 0 saturated carbocycles. The molecular formula is C58H55ClN2O2. The standard InChI is InChI=1S/C58H55ClN2O2/c1-56(2,3)42-24-28-45(29-25-42)60(46-30-26-43(27-31-46)57(4,5)6)49-36-44(58(7,8)9)37-50(55(49)59)61(47-20-14-18-38(32-47)53-34-40-16-10-12-22-51(40)62-53)48-21-15-19-39(33-48)54-35-41-17-11-13-23-52(41)63-54/h10-37H,1-9H3. The molecule has 0 spiro atoms. The summed E-state index contributed by atoms with van der Waals surface area (Å²) in [4.78, 5) is 4.59. The second kappa shape index (κ2) is 16.0. The lowest BCUT2D eigenvalue weighted by molar-refractivity contribution is 0.589. The van der Waals surface area contributed by atoms with Crippen molar-refractivity contribution in [2.45, 2.75) is 78.6 Å². The van der Waals surface area contributed by atoms with Gasteiger partial charge in [-0.15, -0.1) is 0 Å². The van der Waals surface area contributed by atoms with Crippen molar-refractivity contribution in [2.24, 2.45) is 0 Å². The number of fused-ring (bicyclic) bond motifs is 2. The third kappa shape index (κ3) is 8.41. The van der Waals surface area contributed by atoms with E-state index in [4.69, 9.17) is 20.4 Å². The van der Waals surface area contributed by atoms with E-state index in [0.29, 0.717) is 5.02 Å². The highest BCUT2D eigenvalue weighted by molar-refractivity contribution is 6.36. The Balaban J connectivity index is 1.29. The van der Waals surface area contributed by atoms with E-state index in [2.05, 4.69) is 206 Å². The van der Waals surface area contributed by atoms with Crippen LogP contribution in [0.2, 0.25) is 5.02 Å². The molecule has 4 nitrogen and oxygen atoms in total. The molecule has 2 heterocycles. The minimum atomic E-state index is -0.232. The summed E-state index contributed by atoms with van der Waals surface area (Å²) in [6, 6.07) is 60.0. The summed E-state index contributed by atoms with van der Waals surface area (Å²) < 4.78 is 12.9. The molecule has 63 heavy (non-hydrogen) atoms. The van der Waals surface area contributed by atoms with Gasteiger partial charge in [-0.25, -0.2) is 0 Å². The van der Waals surface area contributed by atoms with Gasteiger partial charge in [-0.2, -0.15) is 0 Å². The minimum Gasteiger partial charge on any atom is -0.456 e. The first-order valence-corrected chi connectivity index (χ1v) is 22.2. The molecule has 0 atom stereocenters. The summed E-state index contributed by atoms with van der Waals surface area (Å²) in [6.07, 6.45) is 0. The first kappa shape index (κ1) is 41.8. The largest absolute Gasteiger partial charge is 0.456 e. The van der Waals surface area contributed by atoms with Crippen LogP contribution in [-0.2, 0) is 16.2 Å². The molecule has 9 aromatic rings. The van der Waals surface area contributed by atoms with E-state index < -0.39 is 0 Å². The molecule has 5 heteroatoms. The number of halogens is 1. The Labute approximate surface area is 377 Å². The summed E-state index contributed by atoms with van der Waals surface area (Å²) in [5, 5.41) is 2.74. The molecule has 0 aliphatic carbocycles. The van der Waals surface area contributed by atoms with Crippen LogP contribution in [0.1, 0.15) is 79.0 Å². The molecule has 9 rings (SSSR count). The Kier molecular flexibility index (Phi) is 10.6. The monoisotopic (exact) mass is 846 g/mol. The number of benzene rings is 7. The number of rotatable bonds is 8. The van der Waals surface area contributed by atoms with E-state index >= 15 is 0 Å². The van der Waals surface area contributed by atoms with E-state index in [1.807, 2.05) is 36.4 Å². The topological polar surface area (TPSA) is 32.8 Å². The Morgan fingerprint density at radius 1 is 0.365 bits per heavy atom. The summed E-state index contributed by atoms with van der Waals surface area (Å²) in [5.74, 6) is 1.60. The first-order valence-electron chi connectivity index (χ1n) is 21.8. The van der Waals surface area contributed by atoms with Crippen molar-refractivity contribution in [1.29, 1.82) is 0 Å². The van der Waals surface area contributed by atoms with E-state index in [-0.39, 0.29) is 16.2 Å². The van der Waals surface area contributed by atoms with Crippen LogP contribution < -0.4 is 9.80 Å². The van der Waals surface area contributed by atoms with Crippen LogP contribution in [0.25, 0.3) is 44.6 Å². The third-order valence-corrected chi connectivity index (χ3v) is 12.4. The van der Waals surface area contributed by atoms with Crippen molar-refractivity contribution in [3.8, 4) is 22.6 Å². The van der Waals surface area contributed by atoms with E-state index in [1.54, 1.807) is 0 Å². The predicted molar refractivity (Wildman–Crippen MR) is 267 cm³/mol. The molecule has 7 aromatic carbocycles. The predicted octanol–water partition coefficient (Wildman–Crippen LogP) is 18.0. The maximum absolute atomic E-state index is 8.03. The lowest BCUT2D eigenvalue weighted by atomic mass is 9.85. The Morgan fingerprint density at radius 2 is 0.746 bits per heavy atom. The maximum Gasteiger partial charge on any atom is 0.135 e. The van der Waals surface area contributed by atoms with Gasteiger partial charge in [0, 0.05) is 44.6 Å². The first-order chi connectivity index (χ1) is 30.0. The van der Waals surface area contributed by atoms with Crippen LogP contribution in [0.5, 0.6) is 0 Å². The molecule has 0 amide bonds. The summed E-state index contributed by atoms with van der Waals surface area (Å²) in [6.45, 7) is 20.3. The van der Waals surface area contributed by atoms with Crippen molar-refractivity contribution >= 4 is 67.7 Å². The number of para-hydroxylation sites is 2. The average Bonchev–Trinajstić information content (AvgIpc) is 3.90. The highest BCUT2D eigenvalue weighted by Gasteiger charge is 2.28. The number of nitrogens with zero attached hydrogens (tertiary/aromatic N) is 2. The fourth-order valence-electron chi connectivity index (χ4n) is 8.27. The van der Waals surface area contributed by atoms with Gasteiger partial charge in [0.1, 0.15) is 22.7 Å². The fraction of sp³-hybridized carbons (Fsp3) is 0.207. The molecule has 0 unspecified atom stereocenters. The zero-order valence-electron chi connectivity index (χ0n) is 37.8. The van der Waals surface area contributed by atoms with Gasteiger partial charge in [0.05, 0.1) is 16.4 Å². The molecule has 0 bridgehead atoms. The lowest BCUT2D eigenvalue weighted by Gasteiger charge is -2.34. The van der Waals surface area contributed by atoms with Crippen LogP contribution in [0.3, 0.4) is 0 Å². The van der Waals surface area contributed by atoms with Gasteiger partial charge in [0.2, 0.25) is 0 Å². The number of hydrogen-bond donors (Lipinski definition) is 0. The Morgan fingerprint density at radius 3 is 1.13 bits per heavy atom. The Bertz CT molecular complexity index is 2840. The van der Waals surface area contributed by atoms with Gasteiger partial charge in [-0.05, 0) is 118 Å². The van der Waals surface area contributed by atoms with Gasteiger partial charge in [0.15, 0.2) is 0 Å². The van der Waals surface area contributed by atoms with Crippen LogP contribution in [-0.4, -0.2) is 0 Å². The normalized spacial score (nSPS) is 12.3. The SMILES string of the molecule is CC(C)(C)c1ccc(N(c2ccc(C(C)(C)C)cc2)c2cc(C(C)(C)C)cc(N(c3cccc(-c4cc5ccccc5o4)c3)c3cccc(-c4cc5ccccc5o4)c3)c2Cl)cc1. The van der Waals surface area contributed by atoms with E-state index in [9.17, 15) is 0 Å². The molecule has 0 saturated heterocycles. The summed E-state index contributed by atoms with van der Waals surface area (Å²) in [5.41, 5.74) is 12.7. The Hall–Kier alpha value is -6.49. The average molecular weight is 848 g/mol. The number of hydrogen-bond acceptors (Lipinski definition) is 4. The summed E-state index contributed by atoms with van der Waals surface area (Å²) >= 11 is 8.03. The molecule has 0 fully saturated rings. The minimum absolute atomic E-state index is 0.00298. The zero-order chi connectivity index (χ0) is 44.3. The van der Waals surface area contributed by atoms with Gasteiger partial charge in [-0.3, -0.25) is 0 Å². The molecule has 316 valence electrons. The van der Waals surface area contributed by atoms with Gasteiger partial charge in [0.25, 0.3) is 0 Å². The second-order valence-corrected chi connectivity index (χ2v) is 20.1. The number of furan rings is 2. The smallest absolute Gasteiger partial charge is 0.135 e. The zero-order valence-corrected chi connectivity index (χ0v) is 38.5. The van der Waals surface area contributed by atoms with Crippen LogP contribution in [0, 0.1) is 0 Å². The van der Waals surface area contributed by atoms with Crippen molar-refractivity contribution in [1.82, 2.24) is 0 Å². The van der Waals surface area contributed by atoms with E-state index in [0.717, 1.165) is 84.3 Å². The van der Waals surface area contributed by atoms with Crippen molar-refractivity contribution in [3.05, 3.63) is 192 Å². The highest BCUT2D eigenvalue weighted by atomic mass is 35.5. The van der Waals surface area contributed by atoms with Gasteiger partial charge in [-0.1, -0.05) is 159 Å². The van der Waals surface area contributed by atoms with E-state index in [1.165, 1.54) is 11.1 Å². The highest BCUT2D eigenvalue weighted by Crippen LogP contribution is 2.50. The molecular weight excluding hydrogens is 792 g/mol. The fourth-order valence-corrected chi connectivity index (χ4v) is 8.55. The molecule has 0 aliphatic rings. The molecule has 0 radical (unpaired) electrons. The molecule has 2 aromatic heterocycles. The van der Waals surface area contributed by atoms with Crippen LogP contribution >= 0.6 is 11.6 Å². The molecule has 0 N–H and O–H groups in total. The van der Waals surface area contributed by atoms with Crippen molar-refractivity contribution in [2.75, 3.05) is 9.80 Å². The molecule has 0 aliphatic heterocycles.